The van der Waals surface area contributed by atoms with Crippen LogP contribution in [-0.2, 0) is 245 Å². The quantitative estimate of drug-likeness (QED) is 0.0598. The predicted octanol–water partition coefficient (Wildman–Crippen LogP) is -0.388. The molecule has 1 aromatic carbocycles. The summed E-state index contributed by atoms with van der Waals surface area (Å²) >= 11 is 0. The molecule has 30 atom stereocenters. The Labute approximate surface area is 758 Å². The number of esters is 19. The summed E-state index contributed by atoms with van der Waals surface area (Å²) in [6.07, 6.45) is -61.7. The summed E-state index contributed by atoms with van der Waals surface area (Å²) < 4.78 is 186. The normalized spacial score (nSPS) is 31.6. The van der Waals surface area contributed by atoms with E-state index in [1.54, 1.807) is 30.3 Å². The molecular weight excluding hydrogens is 1800 g/mol. The number of hydrogen-bond donors (Lipinski definition) is 0. The minimum atomic E-state index is -2.43. The van der Waals surface area contributed by atoms with Crippen LogP contribution in [-0.4, -0.2) is 337 Å². The third kappa shape index (κ3) is 32.6. The molecule has 0 spiro atoms. The van der Waals surface area contributed by atoms with E-state index in [1.807, 2.05) is 0 Å². The maximum atomic E-state index is 13.9. The van der Waals surface area contributed by atoms with Crippen molar-refractivity contribution in [2.24, 2.45) is 0 Å². The highest BCUT2D eigenvalue weighted by Crippen LogP contribution is 2.43. The van der Waals surface area contributed by atoms with Crippen LogP contribution in [0, 0.1) is 0 Å². The molecule has 0 N–H and O–H groups in total. The lowest BCUT2D eigenvalue weighted by Crippen LogP contribution is -2.70. The van der Waals surface area contributed by atoms with Gasteiger partial charge in [-0.3, -0.25) is 91.1 Å². The van der Waals surface area contributed by atoms with E-state index in [4.69, 9.17) is 147 Å². The van der Waals surface area contributed by atoms with Gasteiger partial charge in [0.2, 0.25) is 0 Å². The van der Waals surface area contributed by atoms with E-state index in [9.17, 15) is 91.1 Å². The molecule has 0 radical (unpaired) electrons. The van der Waals surface area contributed by atoms with Gasteiger partial charge in [0.1, 0.15) is 107 Å². The molecule has 1 aromatic rings. The average molecular weight is 1910 g/mol. The zero-order valence-corrected chi connectivity index (χ0v) is 75.8. The Morgan fingerprint density at radius 1 is 0.218 bits per heavy atom. The van der Waals surface area contributed by atoms with Crippen molar-refractivity contribution in [1.29, 1.82) is 0 Å². The minimum Gasteiger partial charge on any atom is -0.463 e. The lowest BCUT2D eigenvalue weighted by atomic mass is 9.94. The average Bonchev–Trinajstić information content (AvgIpc) is 0.753. The summed E-state index contributed by atoms with van der Waals surface area (Å²) in [7, 11) is 0. The molecule has 0 aromatic heterocycles. The first-order valence-corrected chi connectivity index (χ1v) is 41.1. The Hall–Kier alpha value is -11.6. The summed E-state index contributed by atoms with van der Waals surface area (Å²) in [6.45, 7) is 14.7. The molecule has 6 saturated heterocycles. The number of hydrogen-bond acceptors (Lipinski definition) is 50. The lowest BCUT2D eigenvalue weighted by molar-refractivity contribution is -0.396. The highest BCUT2D eigenvalue weighted by atomic mass is 16.8. The highest BCUT2D eigenvalue weighted by Gasteiger charge is 2.65. The van der Waals surface area contributed by atoms with Crippen molar-refractivity contribution in [3.63, 3.8) is 0 Å². The molecule has 50 nitrogen and oxygen atoms in total. The number of carbonyl (C=O) groups excluding carboxylic acids is 19. The molecule has 0 amide bonds. The minimum absolute atomic E-state index is 0.274. The van der Waals surface area contributed by atoms with Crippen LogP contribution in [0.25, 0.3) is 6.08 Å². The summed E-state index contributed by atoms with van der Waals surface area (Å²) in [6, 6.07) is 6.74. The van der Waals surface area contributed by atoms with E-state index in [2.05, 4.69) is 6.58 Å². The summed E-state index contributed by atoms with van der Waals surface area (Å²) in [5, 5.41) is 0. The molecule has 740 valence electrons. The van der Waals surface area contributed by atoms with Crippen LogP contribution in [0.4, 0.5) is 0 Å². The van der Waals surface area contributed by atoms with Crippen LogP contribution in [0.5, 0.6) is 0 Å². The third-order valence-electron chi connectivity index (χ3n) is 19.3. The van der Waals surface area contributed by atoms with Crippen molar-refractivity contribution in [3.8, 4) is 0 Å². The highest BCUT2D eigenvalue weighted by molar-refractivity contribution is 5.73. The van der Waals surface area contributed by atoms with Gasteiger partial charge in [-0.25, -0.2) is 0 Å². The van der Waals surface area contributed by atoms with Gasteiger partial charge in [0.25, 0.3) is 0 Å². The molecule has 0 aliphatic carbocycles. The van der Waals surface area contributed by atoms with Crippen molar-refractivity contribution in [2.75, 3.05) is 39.6 Å². The number of rotatable bonds is 39. The molecule has 6 aliphatic rings. The third-order valence-corrected chi connectivity index (χ3v) is 19.3. The van der Waals surface area contributed by atoms with Crippen LogP contribution < -0.4 is 0 Å². The molecule has 0 saturated carbocycles. The van der Waals surface area contributed by atoms with Gasteiger partial charge in [-0.2, -0.15) is 0 Å². The predicted molar refractivity (Wildman–Crippen MR) is 420 cm³/mol. The van der Waals surface area contributed by atoms with E-state index >= 15 is 0 Å². The molecule has 0 bridgehead atoms. The van der Waals surface area contributed by atoms with Gasteiger partial charge in [0.05, 0.1) is 6.61 Å². The molecule has 6 heterocycles. The molecule has 50 heteroatoms. The molecule has 6 aliphatic heterocycles. The Morgan fingerprint density at radius 3 is 0.556 bits per heavy atom. The standard InChI is InChI=1S/C83H108O50/c1-21-52-22-24-53(25-23-52)26-109-78-72(117-46(15)97)67(112-41(10)92)61(55(123-78)28-104-34(3)85)129-80-74(119-48(17)99)69(114-43(12)94)63(57(125-80)30-106-36(5)87)131-82-76(121-50(19)101)71(116-45(14)96)65(59(127-82)32-108-38(7)89)133-83-77(122-51(20)102)70(115-44(13)95)64(58(128-83)31-107-37(6)88)132-81-75(120-49(18)100)68(113-42(11)93)62(56(126-81)29-105-35(4)86)130-79-73(118-47(16)98)66(111-40(9)91)60(110-39(8)90)54(124-79)27-103-33(2)84/h21-25,54-83H,1,26-32H2,2-20H3/t54-,55-,56-,57-,58-,59-,60-,61-,62-,63-,64-,65-,66+,67+,68+,69+,70+,71+,72-,73-,74-,75-,76-,77-,78-,79+,80+,81+,82+,83+/m1/s1. The fraction of sp³-hybridized carbons (Fsp3) is 0.675. The SMILES string of the molecule is C=Cc1ccc(CO[C@@H]2O[C@H](COC(C)=O)[C@@H](O[C@@H]3O[C@H](COC(C)=O)[C@@H](O[C@@H]4O[C@H](COC(C)=O)[C@@H](O[C@@H]5O[C@H](COC(C)=O)[C@@H](O[C@@H]6O[C@H](COC(C)=O)[C@@H](O[C@@H]7O[C@H](COC(C)=O)[C@@H](OC(C)=O)[C@H](OC(C)=O)[C@H]7OC(C)=O)[C@H](OC(C)=O)[C@H]6OC(C)=O)[C@H](OC(C)=O)[C@H]5OC(C)=O)[C@H](OC(C)=O)[C@H]4OC(C)=O)[C@H](OC(C)=O)[C@H]3OC(C)=O)[C@H](OC(C)=O)[C@H]2OC(C)=O)cc1. The van der Waals surface area contributed by atoms with E-state index in [0.717, 1.165) is 137 Å². The van der Waals surface area contributed by atoms with Crippen LogP contribution in [0.2, 0.25) is 0 Å². The van der Waals surface area contributed by atoms with Gasteiger partial charge < -0.3 is 147 Å². The van der Waals surface area contributed by atoms with Crippen molar-refractivity contribution in [3.05, 3.63) is 42.0 Å². The van der Waals surface area contributed by atoms with Crippen LogP contribution in [0.3, 0.4) is 0 Å². The van der Waals surface area contributed by atoms with Crippen LogP contribution >= 0.6 is 0 Å². The number of benzene rings is 1. The van der Waals surface area contributed by atoms with E-state index in [-0.39, 0.29) is 6.61 Å². The van der Waals surface area contributed by atoms with Crippen molar-refractivity contribution in [2.45, 2.75) is 322 Å². The maximum absolute atomic E-state index is 13.9. The van der Waals surface area contributed by atoms with Crippen molar-refractivity contribution >= 4 is 119 Å². The van der Waals surface area contributed by atoms with Crippen LogP contribution in [0.15, 0.2) is 30.8 Å². The second-order valence-corrected chi connectivity index (χ2v) is 30.3. The van der Waals surface area contributed by atoms with Gasteiger partial charge in [-0.15, -0.1) is 0 Å². The first-order chi connectivity index (χ1) is 62.5. The molecule has 6 fully saturated rings. The van der Waals surface area contributed by atoms with Gasteiger partial charge in [-0.05, 0) is 11.1 Å². The first-order valence-electron chi connectivity index (χ1n) is 41.1. The number of ether oxygens (including phenoxy) is 31. The molecule has 7 rings (SSSR count). The zero-order valence-electron chi connectivity index (χ0n) is 75.8. The first kappa shape index (κ1) is 108. The Morgan fingerprint density at radius 2 is 0.376 bits per heavy atom. The van der Waals surface area contributed by atoms with Crippen molar-refractivity contribution in [1.82, 2.24) is 0 Å². The fourth-order valence-electron chi connectivity index (χ4n) is 14.7. The second kappa shape index (κ2) is 50.5. The Balaban J connectivity index is 1.37. The fourth-order valence-corrected chi connectivity index (χ4v) is 14.7. The lowest BCUT2D eigenvalue weighted by Gasteiger charge is -2.52. The second-order valence-electron chi connectivity index (χ2n) is 30.3. The molecular formula is C83H108O50. The van der Waals surface area contributed by atoms with Gasteiger partial charge >= 0.3 is 113 Å². The Kier molecular flexibility index (Phi) is 41.2. The van der Waals surface area contributed by atoms with E-state index < -0.39 is 337 Å². The molecule has 0 unspecified atom stereocenters. The van der Waals surface area contributed by atoms with Gasteiger partial charge in [-0.1, -0.05) is 36.9 Å². The summed E-state index contributed by atoms with van der Waals surface area (Å²) in [5.74, 6) is -21.4. The van der Waals surface area contributed by atoms with Gasteiger partial charge in [0.15, 0.2) is 117 Å². The largest absolute Gasteiger partial charge is 0.463 e. The van der Waals surface area contributed by atoms with Gasteiger partial charge in [0, 0.05) is 132 Å². The number of carbonyl (C=O) groups is 19. The summed E-state index contributed by atoms with van der Waals surface area (Å²) in [5.41, 5.74) is 1.26. The maximum Gasteiger partial charge on any atom is 0.303 e. The van der Waals surface area contributed by atoms with E-state index in [1.165, 1.54) is 0 Å². The monoisotopic (exact) mass is 1900 g/mol. The Bertz CT molecular complexity index is 4300. The smallest absolute Gasteiger partial charge is 0.303 e. The zero-order chi connectivity index (χ0) is 98.9. The topological polar surface area (TPSA) is 610 Å². The van der Waals surface area contributed by atoms with Crippen molar-refractivity contribution < 1.29 is 238 Å². The molecule has 133 heavy (non-hydrogen) atoms. The van der Waals surface area contributed by atoms with E-state index in [0.29, 0.717) is 5.56 Å². The summed E-state index contributed by atoms with van der Waals surface area (Å²) in [4.78, 5) is 252. The van der Waals surface area contributed by atoms with Crippen LogP contribution in [0.1, 0.15) is 143 Å².